The van der Waals surface area contributed by atoms with Gasteiger partial charge in [-0.25, -0.2) is 8.42 Å². The van der Waals surface area contributed by atoms with Crippen molar-refractivity contribution in [1.82, 2.24) is 24.1 Å². The predicted molar refractivity (Wildman–Crippen MR) is 107 cm³/mol. The van der Waals surface area contributed by atoms with Gasteiger partial charge in [-0.05, 0) is 30.5 Å². The van der Waals surface area contributed by atoms with Gasteiger partial charge in [-0.2, -0.15) is 13.9 Å². The fourth-order valence-corrected chi connectivity index (χ4v) is 4.85. The number of hydrogen-bond donors (Lipinski definition) is 0. The summed E-state index contributed by atoms with van der Waals surface area (Å²) >= 11 is 0. The van der Waals surface area contributed by atoms with Crippen LogP contribution in [0.5, 0.6) is 0 Å². The number of nitrogens with zero attached hydrogens (tertiary/aromatic N) is 6. The van der Waals surface area contributed by atoms with Crippen LogP contribution in [0.4, 0.5) is 5.69 Å². The zero-order valence-corrected chi connectivity index (χ0v) is 17.1. The second kappa shape index (κ2) is 7.14. The Morgan fingerprint density at radius 1 is 1.00 bits per heavy atom. The molecule has 1 fully saturated rings. The first-order chi connectivity index (χ1) is 13.4. The number of benzene rings is 1. The van der Waals surface area contributed by atoms with E-state index in [2.05, 4.69) is 34.0 Å². The van der Waals surface area contributed by atoms with E-state index in [1.807, 2.05) is 25.1 Å². The summed E-state index contributed by atoms with van der Waals surface area (Å²) in [7, 11) is -3.48. The Balaban J connectivity index is 1.47. The lowest BCUT2D eigenvalue weighted by molar-refractivity contribution is 0.384. The summed E-state index contributed by atoms with van der Waals surface area (Å²) in [5.74, 6) is 1.11. The van der Waals surface area contributed by atoms with Crippen LogP contribution in [-0.4, -0.2) is 58.7 Å². The molecule has 148 valence electrons. The van der Waals surface area contributed by atoms with Crippen LogP contribution in [0.1, 0.15) is 31.2 Å². The number of rotatable bonds is 4. The predicted octanol–water partition coefficient (Wildman–Crippen LogP) is 2.07. The summed E-state index contributed by atoms with van der Waals surface area (Å²) < 4.78 is 29.2. The lowest BCUT2D eigenvalue weighted by Gasteiger charge is -2.35. The number of fused-ring (bicyclic) bond motifs is 1. The van der Waals surface area contributed by atoms with Crippen molar-refractivity contribution < 1.29 is 8.42 Å². The molecule has 0 atom stereocenters. The fraction of sp³-hybridized carbons (Fsp3) is 0.421. The SMILES string of the molecule is Cc1nnc2cc(N3CCN(S(=O)(=O)c4ccc(C(C)C)cc4)CC3)cnn12. The van der Waals surface area contributed by atoms with Gasteiger partial charge in [0, 0.05) is 32.2 Å². The highest BCUT2D eigenvalue weighted by Crippen LogP contribution is 2.23. The maximum Gasteiger partial charge on any atom is 0.243 e. The van der Waals surface area contributed by atoms with Gasteiger partial charge in [0.25, 0.3) is 0 Å². The Morgan fingerprint density at radius 3 is 2.32 bits per heavy atom. The number of piperazine rings is 1. The molecule has 0 aliphatic carbocycles. The van der Waals surface area contributed by atoms with Gasteiger partial charge in [0.1, 0.15) is 0 Å². The molecule has 28 heavy (non-hydrogen) atoms. The molecule has 3 heterocycles. The lowest BCUT2D eigenvalue weighted by atomic mass is 10.0. The fourth-order valence-electron chi connectivity index (χ4n) is 3.43. The quantitative estimate of drug-likeness (QED) is 0.667. The van der Waals surface area contributed by atoms with Crippen LogP contribution in [0.25, 0.3) is 5.65 Å². The maximum atomic E-state index is 13.0. The average Bonchev–Trinajstić information content (AvgIpc) is 3.08. The van der Waals surface area contributed by atoms with Crippen molar-refractivity contribution in [3.63, 3.8) is 0 Å². The summed E-state index contributed by atoms with van der Waals surface area (Å²) in [6, 6.07) is 9.15. The molecular weight excluding hydrogens is 376 g/mol. The van der Waals surface area contributed by atoms with Gasteiger partial charge in [-0.3, -0.25) is 0 Å². The first-order valence-corrected chi connectivity index (χ1v) is 10.8. The van der Waals surface area contributed by atoms with Gasteiger partial charge < -0.3 is 4.90 Å². The molecule has 4 rings (SSSR count). The molecule has 1 aliphatic rings. The maximum absolute atomic E-state index is 13.0. The second-order valence-electron chi connectivity index (χ2n) is 7.35. The minimum Gasteiger partial charge on any atom is -0.367 e. The van der Waals surface area contributed by atoms with E-state index in [0.717, 1.165) is 17.1 Å². The van der Waals surface area contributed by atoms with Gasteiger partial charge in [0.05, 0.1) is 16.8 Å². The molecule has 1 saturated heterocycles. The normalized spacial score (nSPS) is 16.2. The molecule has 9 heteroatoms. The van der Waals surface area contributed by atoms with E-state index < -0.39 is 10.0 Å². The topological polar surface area (TPSA) is 83.7 Å². The third-order valence-electron chi connectivity index (χ3n) is 5.19. The van der Waals surface area contributed by atoms with Gasteiger partial charge in [0.2, 0.25) is 10.0 Å². The molecule has 3 aromatic rings. The molecule has 0 radical (unpaired) electrons. The molecular formula is C19H24N6O2S. The number of aryl methyl sites for hydroxylation is 1. The van der Waals surface area contributed by atoms with Crippen LogP contribution >= 0.6 is 0 Å². The standard InChI is InChI=1S/C19H24N6O2S/c1-14(2)16-4-6-18(7-5-16)28(26,27)24-10-8-23(9-11-24)17-12-19-22-21-15(3)25(19)20-13-17/h4-7,12-14H,8-11H2,1-3H3. The van der Waals surface area contributed by atoms with Crippen LogP contribution in [0.3, 0.4) is 0 Å². The zero-order chi connectivity index (χ0) is 19.9. The minimum atomic E-state index is -3.48. The molecule has 0 N–H and O–H groups in total. The van der Waals surface area contributed by atoms with Gasteiger partial charge in [0.15, 0.2) is 11.5 Å². The van der Waals surface area contributed by atoms with E-state index in [1.54, 1.807) is 27.2 Å². The van der Waals surface area contributed by atoms with Gasteiger partial charge in [-0.15, -0.1) is 10.2 Å². The Hall–Kier alpha value is -2.52. The Kier molecular flexibility index (Phi) is 4.80. The molecule has 0 saturated carbocycles. The van der Waals surface area contributed by atoms with Crippen molar-refractivity contribution >= 4 is 21.4 Å². The van der Waals surface area contributed by atoms with Gasteiger partial charge >= 0.3 is 0 Å². The Morgan fingerprint density at radius 2 is 1.68 bits per heavy atom. The van der Waals surface area contributed by atoms with E-state index in [-0.39, 0.29) is 0 Å². The first-order valence-electron chi connectivity index (χ1n) is 9.39. The van der Waals surface area contributed by atoms with E-state index in [1.165, 1.54) is 0 Å². The summed E-state index contributed by atoms with van der Waals surface area (Å²) in [6.45, 7) is 8.12. The number of sulfonamides is 1. The van der Waals surface area contributed by atoms with Crippen LogP contribution in [0.15, 0.2) is 41.4 Å². The summed E-state index contributed by atoms with van der Waals surface area (Å²) in [5.41, 5.74) is 2.75. The largest absolute Gasteiger partial charge is 0.367 e. The number of aromatic nitrogens is 4. The molecule has 1 aromatic carbocycles. The highest BCUT2D eigenvalue weighted by molar-refractivity contribution is 7.89. The molecule has 1 aliphatic heterocycles. The molecule has 0 amide bonds. The Bertz CT molecular complexity index is 1080. The van der Waals surface area contributed by atoms with Crippen LogP contribution in [0, 0.1) is 6.92 Å². The van der Waals surface area contributed by atoms with E-state index >= 15 is 0 Å². The van der Waals surface area contributed by atoms with Gasteiger partial charge in [-0.1, -0.05) is 26.0 Å². The average molecular weight is 401 g/mol. The molecule has 2 aromatic heterocycles. The molecule has 0 spiro atoms. The van der Waals surface area contributed by atoms with Crippen molar-refractivity contribution in [3.05, 3.63) is 47.9 Å². The Labute approximate surface area is 164 Å². The van der Waals surface area contributed by atoms with Crippen LogP contribution in [0.2, 0.25) is 0 Å². The van der Waals surface area contributed by atoms with Crippen molar-refractivity contribution in [2.24, 2.45) is 0 Å². The van der Waals surface area contributed by atoms with Crippen LogP contribution in [-0.2, 0) is 10.0 Å². The van der Waals surface area contributed by atoms with Crippen molar-refractivity contribution in [2.45, 2.75) is 31.6 Å². The molecule has 8 nitrogen and oxygen atoms in total. The first kappa shape index (κ1) is 18.8. The highest BCUT2D eigenvalue weighted by Gasteiger charge is 2.29. The van der Waals surface area contributed by atoms with Crippen molar-refractivity contribution in [2.75, 3.05) is 31.1 Å². The summed E-state index contributed by atoms with van der Waals surface area (Å²) in [5, 5.41) is 12.5. The van der Waals surface area contributed by atoms with Crippen molar-refractivity contribution in [1.29, 1.82) is 0 Å². The number of hydrogen-bond acceptors (Lipinski definition) is 6. The molecule has 0 bridgehead atoms. The monoisotopic (exact) mass is 400 g/mol. The number of anilines is 1. The van der Waals surface area contributed by atoms with E-state index in [4.69, 9.17) is 0 Å². The highest BCUT2D eigenvalue weighted by atomic mass is 32.2. The van der Waals surface area contributed by atoms with E-state index in [9.17, 15) is 8.42 Å². The third kappa shape index (κ3) is 3.35. The van der Waals surface area contributed by atoms with Crippen LogP contribution < -0.4 is 4.90 Å². The van der Waals surface area contributed by atoms with Crippen molar-refractivity contribution in [3.8, 4) is 0 Å². The smallest absolute Gasteiger partial charge is 0.243 e. The summed E-state index contributed by atoms with van der Waals surface area (Å²) in [6.07, 6.45) is 1.78. The summed E-state index contributed by atoms with van der Waals surface area (Å²) in [4.78, 5) is 2.48. The minimum absolute atomic E-state index is 0.354. The lowest BCUT2D eigenvalue weighted by Crippen LogP contribution is -2.48. The van der Waals surface area contributed by atoms with E-state index in [0.29, 0.717) is 42.6 Å². The molecule has 0 unspecified atom stereocenters. The third-order valence-corrected chi connectivity index (χ3v) is 7.10. The second-order valence-corrected chi connectivity index (χ2v) is 9.28. The zero-order valence-electron chi connectivity index (χ0n) is 16.3.